The molecule has 0 aliphatic carbocycles. The van der Waals surface area contributed by atoms with Crippen molar-refractivity contribution in [1.82, 2.24) is 19.9 Å². The fourth-order valence-electron chi connectivity index (χ4n) is 3.71. The summed E-state index contributed by atoms with van der Waals surface area (Å²) in [4.78, 5) is 16.2. The van der Waals surface area contributed by atoms with Gasteiger partial charge in [0.2, 0.25) is 0 Å². The van der Waals surface area contributed by atoms with E-state index in [2.05, 4.69) is 14.9 Å². The van der Waals surface area contributed by atoms with E-state index in [0.29, 0.717) is 12.4 Å². The highest BCUT2D eigenvalue weighted by atomic mass is 16.5. The Kier molecular flexibility index (Phi) is 5.39. The van der Waals surface area contributed by atoms with Crippen molar-refractivity contribution < 1.29 is 9.47 Å². The predicted molar refractivity (Wildman–Crippen MR) is 110 cm³/mol. The first-order chi connectivity index (χ1) is 13.6. The van der Waals surface area contributed by atoms with Crippen LogP contribution in [0, 0.1) is 13.8 Å². The van der Waals surface area contributed by atoms with Crippen molar-refractivity contribution in [3.05, 3.63) is 41.9 Å². The van der Waals surface area contributed by atoms with Crippen molar-refractivity contribution in [2.45, 2.75) is 26.7 Å². The Labute approximate surface area is 165 Å². The van der Waals surface area contributed by atoms with E-state index in [4.69, 9.17) is 14.5 Å². The molecule has 6 heteroatoms. The van der Waals surface area contributed by atoms with Crippen LogP contribution in [0.5, 0.6) is 11.5 Å². The molecule has 6 nitrogen and oxygen atoms in total. The maximum Gasteiger partial charge on any atom is 0.159 e. The summed E-state index contributed by atoms with van der Waals surface area (Å²) in [6.45, 7) is 7.87. The molecule has 0 spiro atoms. The number of hydrogen-bond donors (Lipinski definition) is 0. The quantitative estimate of drug-likeness (QED) is 0.650. The molecule has 28 heavy (non-hydrogen) atoms. The van der Waals surface area contributed by atoms with Crippen LogP contribution in [0.2, 0.25) is 0 Å². The number of rotatable bonds is 6. The van der Waals surface area contributed by atoms with Gasteiger partial charge in [-0.3, -0.25) is 9.88 Å². The molecular formula is C22H26N4O2. The summed E-state index contributed by atoms with van der Waals surface area (Å²) in [6.07, 6.45) is 4.41. The molecular weight excluding hydrogens is 352 g/mol. The molecule has 146 valence electrons. The van der Waals surface area contributed by atoms with Gasteiger partial charge in [-0.05, 0) is 51.9 Å². The third-order valence-corrected chi connectivity index (χ3v) is 5.08. The third kappa shape index (κ3) is 4.07. The SMILES string of the molecule is COc1cc(OCCN2CCCC2)c2cnc(-c3cc(C)nc(C)c3)nc2c1. The highest BCUT2D eigenvalue weighted by Gasteiger charge is 2.13. The van der Waals surface area contributed by atoms with E-state index < -0.39 is 0 Å². The maximum atomic E-state index is 6.10. The van der Waals surface area contributed by atoms with Crippen LogP contribution in [0.3, 0.4) is 0 Å². The van der Waals surface area contributed by atoms with E-state index in [9.17, 15) is 0 Å². The Morgan fingerprint density at radius 2 is 1.75 bits per heavy atom. The number of hydrogen-bond acceptors (Lipinski definition) is 6. The molecule has 0 radical (unpaired) electrons. The zero-order valence-corrected chi connectivity index (χ0v) is 16.7. The molecule has 1 aliphatic rings. The number of aryl methyl sites for hydroxylation is 2. The minimum atomic E-state index is 0.646. The van der Waals surface area contributed by atoms with E-state index >= 15 is 0 Å². The van der Waals surface area contributed by atoms with Crippen LogP contribution in [0.1, 0.15) is 24.2 Å². The smallest absolute Gasteiger partial charge is 0.159 e. The lowest BCUT2D eigenvalue weighted by Crippen LogP contribution is -2.25. The van der Waals surface area contributed by atoms with E-state index in [1.807, 2.05) is 44.3 Å². The van der Waals surface area contributed by atoms with Crippen LogP contribution in [0.25, 0.3) is 22.3 Å². The number of benzene rings is 1. The van der Waals surface area contributed by atoms with Gasteiger partial charge < -0.3 is 9.47 Å². The molecule has 0 N–H and O–H groups in total. The zero-order chi connectivity index (χ0) is 19.5. The second-order valence-electron chi connectivity index (χ2n) is 7.29. The maximum absolute atomic E-state index is 6.10. The van der Waals surface area contributed by atoms with Crippen LogP contribution < -0.4 is 9.47 Å². The average molecular weight is 378 g/mol. The van der Waals surface area contributed by atoms with E-state index in [1.54, 1.807) is 7.11 Å². The van der Waals surface area contributed by atoms with Crippen LogP contribution in [-0.2, 0) is 0 Å². The molecule has 4 rings (SSSR count). The van der Waals surface area contributed by atoms with Crippen molar-refractivity contribution in [2.24, 2.45) is 0 Å². The molecule has 3 aromatic rings. The van der Waals surface area contributed by atoms with Gasteiger partial charge in [-0.2, -0.15) is 0 Å². The van der Waals surface area contributed by atoms with Gasteiger partial charge in [0.25, 0.3) is 0 Å². The molecule has 0 amide bonds. The number of likely N-dealkylation sites (tertiary alicyclic amines) is 1. The Morgan fingerprint density at radius 3 is 2.46 bits per heavy atom. The molecule has 3 heterocycles. The zero-order valence-electron chi connectivity index (χ0n) is 16.7. The number of methoxy groups -OCH3 is 1. The summed E-state index contributed by atoms with van der Waals surface area (Å²) in [7, 11) is 1.66. The minimum Gasteiger partial charge on any atom is -0.497 e. The summed E-state index contributed by atoms with van der Waals surface area (Å²) >= 11 is 0. The summed E-state index contributed by atoms with van der Waals surface area (Å²) in [5.41, 5.74) is 3.68. The second kappa shape index (κ2) is 8.10. The number of nitrogens with zero attached hydrogens (tertiary/aromatic N) is 4. The number of pyridine rings is 1. The number of fused-ring (bicyclic) bond motifs is 1. The van der Waals surface area contributed by atoms with Gasteiger partial charge in [0.15, 0.2) is 5.82 Å². The molecule has 1 aromatic carbocycles. The van der Waals surface area contributed by atoms with Gasteiger partial charge in [-0.25, -0.2) is 9.97 Å². The summed E-state index contributed by atoms with van der Waals surface area (Å²) in [5, 5.41) is 0.897. The Bertz CT molecular complexity index is 963. The van der Waals surface area contributed by atoms with E-state index in [1.165, 1.54) is 25.9 Å². The first kappa shape index (κ1) is 18.6. The van der Waals surface area contributed by atoms with E-state index in [-0.39, 0.29) is 0 Å². The Hall–Kier alpha value is -2.73. The highest BCUT2D eigenvalue weighted by molar-refractivity contribution is 5.87. The summed E-state index contributed by atoms with van der Waals surface area (Å²) in [5.74, 6) is 2.18. The summed E-state index contributed by atoms with van der Waals surface area (Å²) < 4.78 is 11.6. The fourth-order valence-corrected chi connectivity index (χ4v) is 3.71. The largest absolute Gasteiger partial charge is 0.497 e. The van der Waals surface area contributed by atoms with Crippen molar-refractivity contribution in [1.29, 1.82) is 0 Å². The monoisotopic (exact) mass is 378 g/mol. The molecule has 0 unspecified atom stereocenters. The van der Waals surface area contributed by atoms with Gasteiger partial charge in [-0.15, -0.1) is 0 Å². The van der Waals surface area contributed by atoms with Crippen molar-refractivity contribution in [2.75, 3.05) is 33.4 Å². The van der Waals surface area contributed by atoms with Crippen molar-refractivity contribution in [3.63, 3.8) is 0 Å². The van der Waals surface area contributed by atoms with Gasteiger partial charge in [0, 0.05) is 41.8 Å². The van der Waals surface area contributed by atoms with Crippen LogP contribution >= 0.6 is 0 Å². The van der Waals surface area contributed by atoms with Crippen LogP contribution in [0.15, 0.2) is 30.5 Å². The highest BCUT2D eigenvalue weighted by Crippen LogP contribution is 2.31. The van der Waals surface area contributed by atoms with Gasteiger partial charge in [0.1, 0.15) is 18.1 Å². The van der Waals surface area contributed by atoms with E-state index in [0.717, 1.165) is 45.9 Å². The number of aromatic nitrogens is 3. The normalized spacial score (nSPS) is 14.5. The molecule has 0 saturated carbocycles. The fraction of sp³-hybridized carbons (Fsp3) is 0.409. The topological polar surface area (TPSA) is 60.4 Å². The minimum absolute atomic E-state index is 0.646. The third-order valence-electron chi connectivity index (χ3n) is 5.08. The van der Waals surface area contributed by atoms with Crippen molar-refractivity contribution in [3.8, 4) is 22.9 Å². The standard InChI is InChI=1S/C22H26N4O2/c1-15-10-17(11-16(2)24-15)22-23-14-19-20(25-22)12-18(27-3)13-21(19)28-9-8-26-6-4-5-7-26/h10-14H,4-9H2,1-3H3. The van der Waals surface area contributed by atoms with Crippen LogP contribution in [0.4, 0.5) is 0 Å². The van der Waals surface area contributed by atoms with Gasteiger partial charge in [0.05, 0.1) is 18.0 Å². The second-order valence-corrected chi connectivity index (χ2v) is 7.29. The van der Waals surface area contributed by atoms with Gasteiger partial charge >= 0.3 is 0 Å². The summed E-state index contributed by atoms with van der Waals surface area (Å²) in [6, 6.07) is 7.84. The molecule has 1 fully saturated rings. The Morgan fingerprint density at radius 1 is 1.00 bits per heavy atom. The van der Waals surface area contributed by atoms with Crippen LogP contribution in [-0.4, -0.2) is 53.2 Å². The average Bonchev–Trinajstić information content (AvgIpc) is 3.20. The molecule has 2 aromatic heterocycles. The number of ether oxygens (including phenoxy) is 2. The first-order valence-electron chi connectivity index (χ1n) is 9.78. The first-order valence-corrected chi connectivity index (χ1v) is 9.78. The molecule has 0 atom stereocenters. The molecule has 0 bridgehead atoms. The lowest BCUT2D eigenvalue weighted by atomic mass is 10.1. The lowest BCUT2D eigenvalue weighted by Gasteiger charge is -2.16. The molecule has 1 saturated heterocycles. The van der Waals surface area contributed by atoms with Gasteiger partial charge in [-0.1, -0.05) is 0 Å². The predicted octanol–water partition coefficient (Wildman–Crippen LogP) is 3.79. The molecule has 1 aliphatic heterocycles. The Balaban J connectivity index is 1.64. The van der Waals surface area contributed by atoms with Crippen molar-refractivity contribution >= 4 is 10.9 Å². The lowest BCUT2D eigenvalue weighted by molar-refractivity contribution is 0.239.